The van der Waals surface area contributed by atoms with Crippen LogP contribution in [-0.2, 0) is 4.79 Å². The molecule has 0 fully saturated rings. The molecule has 0 aliphatic carbocycles. The van der Waals surface area contributed by atoms with Crippen LogP contribution < -0.4 is 14.2 Å². The maximum atomic E-state index is 11.5. The van der Waals surface area contributed by atoms with Gasteiger partial charge in [0, 0.05) is 12.0 Å². The third kappa shape index (κ3) is 4.48. The Kier molecular flexibility index (Phi) is 6.02. The molecule has 6 heteroatoms. The van der Waals surface area contributed by atoms with E-state index < -0.39 is 0 Å². The summed E-state index contributed by atoms with van der Waals surface area (Å²) < 4.78 is 21.6. The van der Waals surface area contributed by atoms with Gasteiger partial charge in [-0.2, -0.15) is 4.98 Å². The minimum absolute atomic E-state index is 0.158. The molecule has 0 spiro atoms. The van der Waals surface area contributed by atoms with Gasteiger partial charge < -0.3 is 18.6 Å². The topological polar surface area (TPSA) is 70.8 Å². The van der Waals surface area contributed by atoms with Crippen molar-refractivity contribution in [3.63, 3.8) is 0 Å². The highest BCUT2D eigenvalue weighted by atomic mass is 16.6. The quantitative estimate of drug-likeness (QED) is 0.688. The molecular weight excluding hydrogens is 298 g/mol. The number of esters is 1. The van der Waals surface area contributed by atoms with Crippen LogP contribution in [0.3, 0.4) is 0 Å². The molecule has 124 valence electrons. The van der Waals surface area contributed by atoms with Gasteiger partial charge in [0.2, 0.25) is 5.89 Å². The summed E-state index contributed by atoms with van der Waals surface area (Å²) in [7, 11) is 0. The second kappa shape index (κ2) is 8.22. The van der Waals surface area contributed by atoms with Crippen LogP contribution in [0.4, 0.5) is 0 Å². The molecule has 0 saturated heterocycles. The van der Waals surface area contributed by atoms with Gasteiger partial charge in [0.1, 0.15) is 0 Å². The summed E-state index contributed by atoms with van der Waals surface area (Å²) >= 11 is 0. The molecular formula is C17H21NO5. The Morgan fingerprint density at radius 3 is 2.57 bits per heavy atom. The number of hydrogen-bond donors (Lipinski definition) is 0. The molecule has 2 aromatic rings. The van der Waals surface area contributed by atoms with Crippen molar-refractivity contribution in [3.05, 3.63) is 24.5 Å². The minimum atomic E-state index is -0.325. The van der Waals surface area contributed by atoms with Gasteiger partial charge in [-0.3, -0.25) is 4.79 Å². The number of oxazole rings is 1. The van der Waals surface area contributed by atoms with Crippen LogP contribution in [0.15, 0.2) is 28.9 Å². The zero-order valence-electron chi connectivity index (χ0n) is 13.6. The van der Waals surface area contributed by atoms with Gasteiger partial charge in [0.15, 0.2) is 17.8 Å². The van der Waals surface area contributed by atoms with Crippen LogP contribution >= 0.6 is 0 Å². The highest BCUT2D eigenvalue weighted by molar-refractivity contribution is 5.72. The van der Waals surface area contributed by atoms with Crippen molar-refractivity contribution >= 4 is 5.97 Å². The average molecular weight is 319 g/mol. The SMILES string of the molecule is CCCC(=O)Oc1coc(-c2ccc(OCC)c(OCC)c2)n1. The lowest BCUT2D eigenvalue weighted by molar-refractivity contribution is -0.134. The molecule has 2 rings (SSSR count). The Morgan fingerprint density at radius 2 is 1.87 bits per heavy atom. The van der Waals surface area contributed by atoms with E-state index in [0.29, 0.717) is 37.0 Å². The second-order valence-corrected chi connectivity index (χ2v) is 4.74. The maximum Gasteiger partial charge on any atom is 0.312 e. The monoisotopic (exact) mass is 319 g/mol. The first-order chi connectivity index (χ1) is 11.2. The van der Waals surface area contributed by atoms with E-state index >= 15 is 0 Å². The molecule has 1 aromatic carbocycles. The van der Waals surface area contributed by atoms with Crippen molar-refractivity contribution in [2.75, 3.05) is 13.2 Å². The van der Waals surface area contributed by atoms with Crippen molar-refractivity contribution in [2.45, 2.75) is 33.6 Å². The molecule has 0 N–H and O–H groups in total. The van der Waals surface area contributed by atoms with E-state index in [1.807, 2.05) is 26.8 Å². The third-order valence-electron chi connectivity index (χ3n) is 2.95. The van der Waals surface area contributed by atoms with Crippen molar-refractivity contribution in [1.29, 1.82) is 0 Å². The fourth-order valence-electron chi connectivity index (χ4n) is 1.99. The molecule has 0 aliphatic heterocycles. The van der Waals surface area contributed by atoms with E-state index in [-0.39, 0.29) is 11.8 Å². The van der Waals surface area contributed by atoms with E-state index in [4.69, 9.17) is 18.6 Å². The van der Waals surface area contributed by atoms with Gasteiger partial charge in [-0.05, 0) is 38.5 Å². The lowest BCUT2D eigenvalue weighted by Crippen LogP contribution is -2.06. The Morgan fingerprint density at radius 1 is 1.13 bits per heavy atom. The number of benzene rings is 1. The third-order valence-corrected chi connectivity index (χ3v) is 2.95. The molecule has 0 atom stereocenters. The Balaban J connectivity index is 2.19. The average Bonchev–Trinajstić information content (AvgIpc) is 2.98. The zero-order chi connectivity index (χ0) is 16.7. The molecule has 0 aliphatic rings. The van der Waals surface area contributed by atoms with Crippen molar-refractivity contribution in [2.24, 2.45) is 0 Å². The van der Waals surface area contributed by atoms with Gasteiger partial charge in [-0.25, -0.2) is 0 Å². The number of nitrogens with zero attached hydrogens (tertiary/aromatic N) is 1. The van der Waals surface area contributed by atoms with Gasteiger partial charge in [-0.1, -0.05) is 6.92 Å². The first kappa shape index (κ1) is 16.9. The van der Waals surface area contributed by atoms with Gasteiger partial charge in [-0.15, -0.1) is 0 Å². The number of ether oxygens (including phenoxy) is 3. The summed E-state index contributed by atoms with van der Waals surface area (Å²) in [6, 6.07) is 5.41. The molecule has 0 saturated carbocycles. The van der Waals surface area contributed by atoms with Crippen LogP contribution in [0.2, 0.25) is 0 Å². The van der Waals surface area contributed by atoms with Gasteiger partial charge >= 0.3 is 5.97 Å². The fourth-order valence-corrected chi connectivity index (χ4v) is 1.99. The Bertz CT molecular complexity index is 650. The van der Waals surface area contributed by atoms with Crippen LogP contribution in [0.25, 0.3) is 11.5 Å². The number of carbonyl (C=O) groups excluding carboxylic acids is 1. The van der Waals surface area contributed by atoms with Gasteiger partial charge in [0.05, 0.1) is 13.2 Å². The van der Waals surface area contributed by atoms with Crippen LogP contribution in [0.1, 0.15) is 33.6 Å². The Hall–Kier alpha value is -2.50. The number of rotatable bonds is 8. The highest BCUT2D eigenvalue weighted by Gasteiger charge is 2.14. The molecule has 6 nitrogen and oxygen atoms in total. The molecule has 1 heterocycles. The predicted octanol–water partition coefficient (Wildman–Crippen LogP) is 3.84. The largest absolute Gasteiger partial charge is 0.490 e. The van der Waals surface area contributed by atoms with Gasteiger partial charge in [0.25, 0.3) is 5.88 Å². The number of carbonyl (C=O) groups is 1. The highest BCUT2D eigenvalue weighted by Crippen LogP contribution is 2.33. The first-order valence-corrected chi connectivity index (χ1v) is 7.74. The molecule has 0 bridgehead atoms. The van der Waals surface area contributed by atoms with E-state index in [1.165, 1.54) is 6.26 Å². The summed E-state index contributed by atoms with van der Waals surface area (Å²) in [5.41, 5.74) is 0.717. The standard InChI is InChI=1S/C17H21NO5/c1-4-7-16(19)23-15-11-22-17(18-15)12-8-9-13(20-5-2)14(10-12)21-6-3/h8-11H,4-7H2,1-3H3. The first-order valence-electron chi connectivity index (χ1n) is 7.74. The van der Waals surface area contributed by atoms with Crippen LogP contribution in [0, 0.1) is 0 Å². The molecule has 1 aromatic heterocycles. The minimum Gasteiger partial charge on any atom is -0.490 e. The maximum absolute atomic E-state index is 11.5. The summed E-state index contributed by atoms with van der Waals surface area (Å²) in [4.78, 5) is 15.6. The summed E-state index contributed by atoms with van der Waals surface area (Å²) in [6.45, 7) is 6.79. The Labute approximate surface area is 135 Å². The van der Waals surface area contributed by atoms with Crippen molar-refractivity contribution in [3.8, 4) is 28.8 Å². The van der Waals surface area contributed by atoms with E-state index in [1.54, 1.807) is 12.1 Å². The fraction of sp³-hybridized carbons (Fsp3) is 0.412. The second-order valence-electron chi connectivity index (χ2n) is 4.74. The lowest BCUT2D eigenvalue weighted by Gasteiger charge is -2.11. The summed E-state index contributed by atoms with van der Waals surface area (Å²) in [6.07, 6.45) is 2.39. The van der Waals surface area contributed by atoms with Crippen LogP contribution in [-0.4, -0.2) is 24.2 Å². The van der Waals surface area contributed by atoms with Crippen molar-refractivity contribution in [1.82, 2.24) is 4.98 Å². The lowest BCUT2D eigenvalue weighted by atomic mass is 10.2. The van der Waals surface area contributed by atoms with E-state index in [2.05, 4.69) is 4.98 Å². The molecule has 0 radical (unpaired) electrons. The molecule has 0 amide bonds. The van der Waals surface area contributed by atoms with Crippen LogP contribution in [0.5, 0.6) is 17.4 Å². The number of aromatic nitrogens is 1. The number of hydrogen-bond acceptors (Lipinski definition) is 6. The zero-order valence-corrected chi connectivity index (χ0v) is 13.6. The predicted molar refractivity (Wildman–Crippen MR) is 84.8 cm³/mol. The van der Waals surface area contributed by atoms with Crippen molar-refractivity contribution < 1.29 is 23.4 Å². The smallest absolute Gasteiger partial charge is 0.312 e. The summed E-state index contributed by atoms with van der Waals surface area (Å²) in [5.74, 6) is 1.47. The normalized spacial score (nSPS) is 10.4. The van der Waals surface area contributed by atoms with E-state index in [9.17, 15) is 4.79 Å². The van der Waals surface area contributed by atoms with E-state index in [0.717, 1.165) is 12.0 Å². The summed E-state index contributed by atoms with van der Waals surface area (Å²) in [5, 5.41) is 0. The molecule has 0 unspecified atom stereocenters. The molecule has 23 heavy (non-hydrogen) atoms.